The van der Waals surface area contributed by atoms with Crippen LogP contribution >= 0.6 is 0 Å². The predicted molar refractivity (Wildman–Crippen MR) is 76.1 cm³/mol. The van der Waals surface area contributed by atoms with Crippen molar-refractivity contribution >= 4 is 23.2 Å². The number of benzene rings is 1. The van der Waals surface area contributed by atoms with Gasteiger partial charge in [-0.25, -0.2) is 4.39 Å². The van der Waals surface area contributed by atoms with Gasteiger partial charge in [-0.1, -0.05) is 6.92 Å². The van der Waals surface area contributed by atoms with Gasteiger partial charge in [-0.2, -0.15) is 0 Å². The quantitative estimate of drug-likeness (QED) is 0.899. The maximum absolute atomic E-state index is 13.4. The van der Waals surface area contributed by atoms with Crippen LogP contribution in [0.15, 0.2) is 18.2 Å². The van der Waals surface area contributed by atoms with Crippen LogP contribution in [0.5, 0.6) is 0 Å². The van der Waals surface area contributed by atoms with Crippen LogP contribution in [-0.2, 0) is 9.59 Å². The number of nitrogens with one attached hydrogen (secondary N) is 1. The topological polar surface area (TPSA) is 49.4 Å². The normalized spacial score (nSPS) is 13.9. The standard InChI is InChI=1S/C15H19FN2O2/c1-3-4-15(20)17-13-9-11(16)5-8-14(13)18(10(2)19)12-6-7-12/h5,8-9,12H,3-4,6-7H2,1-2H3,(H,17,20). The van der Waals surface area contributed by atoms with Crippen LogP contribution < -0.4 is 10.2 Å². The molecule has 108 valence electrons. The van der Waals surface area contributed by atoms with Crippen LogP contribution in [0.2, 0.25) is 0 Å². The molecule has 2 amide bonds. The van der Waals surface area contributed by atoms with Crippen molar-refractivity contribution in [2.45, 2.75) is 45.6 Å². The van der Waals surface area contributed by atoms with Gasteiger partial charge in [-0.15, -0.1) is 0 Å². The summed E-state index contributed by atoms with van der Waals surface area (Å²) in [5, 5.41) is 2.70. The zero-order chi connectivity index (χ0) is 14.7. The van der Waals surface area contributed by atoms with Gasteiger partial charge < -0.3 is 10.2 Å². The summed E-state index contributed by atoms with van der Waals surface area (Å²) in [6, 6.07) is 4.29. The van der Waals surface area contributed by atoms with E-state index in [2.05, 4.69) is 5.32 Å². The van der Waals surface area contributed by atoms with Gasteiger partial charge in [0.2, 0.25) is 11.8 Å². The van der Waals surface area contributed by atoms with Crippen molar-refractivity contribution in [1.29, 1.82) is 0 Å². The monoisotopic (exact) mass is 278 g/mol. The fraction of sp³-hybridized carbons (Fsp3) is 0.467. The molecule has 1 saturated carbocycles. The Balaban J connectivity index is 2.31. The molecule has 0 unspecified atom stereocenters. The van der Waals surface area contributed by atoms with Crippen molar-refractivity contribution in [3.8, 4) is 0 Å². The van der Waals surface area contributed by atoms with Crippen LogP contribution in [0.4, 0.5) is 15.8 Å². The first kappa shape index (κ1) is 14.5. The van der Waals surface area contributed by atoms with Gasteiger partial charge in [-0.05, 0) is 37.5 Å². The molecule has 0 spiro atoms. The summed E-state index contributed by atoms with van der Waals surface area (Å²) in [6.45, 7) is 3.39. The summed E-state index contributed by atoms with van der Waals surface area (Å²) in [5.74, 6) is -0.691. The molecule has 20 heavy (non-hydrogen) atoms. The molecule has 1 aromatic carbocycles. The van der Waals surface area contributed by atoms with Gasteiger partial charge in [0.05, 0.1) is 11.4 Å². The number of hydrogen-bond acceptors (Lipinski definition) is 2. The van der Waals surface area contributed by atoms with E-state index < -0.39 is 5.82 Å². The fourth-order valence-electron chi connectivity index (χ4n) is 2.21. The molecular weight excluding hydrogens is 259 g/mol. The van der Waals surface area contributed by atoms with Crippen molar-refractivity contribution in [2.24, 2.45) is 0 Å². The average molecular weight is 278 g/mol. The van der Waals surface area contributed by atoms with E-state index in [9.17, 15) is 14.0 Å². The Morgan fingerprint density at radius 2 is 2.10 bits per heavy atom. The zero-order valence-electron chi connectivity index (χ0n) is 11.8. The lowest BCUT2D eigenvalue weighted by Gasteiger charge is -2.24. The minimum atomic E-state index is -0.431. The number of amides is 2. The van der Waals surface area contributed by atoms with E-state index in [0.717, 1.165) is 19.3 Å². The van der Waals surface area contributed by atoms with Crippen molar-refractivity contribution in [3.05, 3.63) is 24.0 Å². The number of carbonyl (C=O) groups is 2. The third-order valence-corrected chi connectivity index (χ3v) is 3.22. The van der Waals surface area contributed by atoms with Crippen LogP contribution in [0.3, 0.4) is 0 Å². The molecule has 0 heterocycles. The van der Waals surface area contributed by atoms with Gasteiger partial charge in [0.15, 0.2) is 0 Å². The van der Waals surface area contributed by atoms with E-state index in [0.29, 0.717) is 17.8 Å². The van der Waals surface area contributed by atoms with Crippen molar-refractivity contribution in [3.63, 3.8) is 0 Å². The third kappa shape index (κ3) is 3.35. The molecule has 1 aliphatic rings. The van der Waals surface area contributed by atoms with E-state index >= 15 is 0 Å². The van der Waals surface area contributed by atoms with E-state index in [1.54, 1.807) is 11.0 Å². The Morgan fingerprint density at radius 1 is 1.40 bits per heavy atom. The predicted octanol–water partition coefficient (Wildman–Crippen LogP) is 3.08. The first-order valence-corrected chi connectivity index (χ1v) is 6.92. The SMILES string of the molecule is CCCC(=O)Nc1cc(F)ccc1N(C(C)=O)C1CC1. The third-order valence-electron chi connectivity index (χ3n) is 3.22. The highest BCUT2D eigenvalue weighted by Gasteiger charge is 2.33. The summed E-state index contributed by atoms with van der Waals surface area (Å²) in [4.78, 5) is 25.2. The van der Waals surface area contributed by atoms with E-state index in [-0.39, 0.29) is 17.9 Å². The first-order chi connectivity index (χ1) is 9.52. The Kier molecular flexibility index (Phi) is 4.37. The van der Waals surface area contributed by atoms with Gasteiger partial charge >= 0.3 is 0 Å². The number of halogens is 1. The highest BCUT2D eigenvalue weighted by Crippen LogP contribution is 2.36. The Hall–Kier alpha value is -1.91. The summed E-state index contributed by atoms with van der Waals surface area (Å²) in [6.07, 6.45) is 2.98. The van der Waals surface area contributed by atoms with Crippen LogP contribution in [0.1, 0.15) is 39.5 Å². The molecule has 0 bridgehead atoms. The van der Waals surface area contributed by atoms with Gasteiger partial charge in [0.1, 0.15) is 5.82 Å². The number of nitrogens with zero attached hydrogens (tertiary/aromatic N) is 1. The lowest BCUT2D eigenvalue weighted by Crippen LogP contribution is -2.31. The summed E-state index contributed by atoms with van der Waals surface area (Å²) in [7, 11) is 0. The number of carbonyl (C=O) groups excluding carboxylic acids is 2. The lowest BCUT2D eigenvalue weighted by molar-refractivity contribution is -0.117. The molecule has 0 radical (unpaired) electrons. The van der Waals surface area contributed by atoms with Gasteiger partial charge in [0, 0.05) is 19.4 Å². The van der Waals surface area contributed by atoms with Crippen LogP contribution in [0.25, 0.3) is 0 Å². The molecule has 1 N–H and O–H groups in total. The van der Waals surface area contributed by atoms with E-state index in [1.807, 2.05) is 6.92 Å². The maximum atomic E-state index is 13.4. The van der Waals surface area contributed by atoms with E-state index in [1.165, 1.54) is 19.1 Å². The van der Waals surface area contributed by atoms with Crippen LogP contribution in [0, 0.1) is 5.82 Å². The number of rotatable bonds is 5. The summed E-state index contributed by atoms with van der Waals surface area (Å²) < 4.78 is 13.4. The van der Waals surface area contributed by atoms with E-state index in [4.69, 9.17) is 0 Å². The van der Waals surface area contributed by atoms with Crippen molar-refractivity contribution < 1.29 is 14.0 Å². The lowest BCUT2D eigenvalue weighted by atomic mass is 10.2. The Morgan fingerprint density at radius 3 is 2.65 bits per heavy atom. The maximum Gasteiger partial charge on any atom is 0.224 e. The zero-order valence-corrected chi connectivity index (χ0v) is 11.8. The minimum Gasteiger partial charge on any atom is -0.324 e. The second-order valence-corrected chi connectivity index (χ2v) is 5.08. The van der Waals surface area contributed by atoms with Crippen molar-refractivity contribution in [2.75, 3.05) is 10.2 Å². The fourth-order valence-corrected chi connectivity index (χ4v) is 2.21. The molecule has 0 aromatic heterocycles. The molecule has 0 atom stereocenters. The highest BCUT2D eigenvalue weighted by molar-refractivity contribution is 6.00. The highest BCUT2D eigenvalue weighted by atomic mass is 19.1. The second kappa shape index (κ2) is 6.03. The molecule has 1 aliphatic carbocycles. The Labute approximate surface area is 118 Å². The molecule has 1 aromatic rings. The molecule has 2 rings (SSSR count). The smallest absolute Gasteiger partial charge is 0.224 e. The Bertz CT molecular complexity index is 527. The summed E-state index contributed by atoms with van der Waals surface area (Å²) in [5.41, 5.74) is 0.941. The minimum absolute atomic E-state index is 0.0925. The molecular formula is C15H19FN2O2. The number of hydrogen-bond donors (Lipinski definition) is 1. The first-order valence-electron chi connectivity index (χ1n) is 6.92. The molecule has 5 heteroatoms. The second-order valence-electron chi connectivity index (χ2n) is 5.08. The van der Waals surface area contributed by atoms with Crippen molar-refractivity contribution in [1.82, 2.24) is 0 Å². The molecule has 0 saturated heterocycles. The summed E-state index contributed by atoms with van der Waals surface area (Å²) >= 11 is 0. The average Bonchev–Trinajstić information content (AvgIpc) is 3.16. The molecule has 0 aliphatic heterocycles. The molecule has 1 fully saturated rings. The van der Waals surface area contributed by atoms with Crippen LogP contribution in [-0.4, -0.2) is 17.9 Å². The molecule has 4 nitrogen and oxygen atoms in total. The largest absolute Gasteiger partial charge is 0.324 e. The number of anilines is 2. The van der Waals surface area contributed by atoms with Gasteiger partial charge in [-0.3, -0.25) is 9.59 Å². The van der Waals surface area contributed by atoms with Gasteiger partial charge in [0.25, 0.3) is 0 Å².